The molecule has 0 aliphatic carbocycles. The quantitative estimate of drug-likeness (QED) is 0.660. The van der Waals surface area contributed by atoms with E-state index in [1.54, 1.807) is 24.4 Å². The van der Waals surface area contributed by atoms with Crippen LogP contribution in [0.4, 0.5) is 5.69 Å². The van der Waals surface area contributed by atoms with E-state index in [1.807, 2.05) is 6.07 Å². The van der Waals surface area contributed by atoms with E-state index in [0.29, 0.717) is 22.7 Å². The van der Waals surface area contributed by atoms with E-state index in [4.69, 9.17) is 15.2 Å². The third kappa shape index (κ3) is 2.64. The van der Waals surface area contributed by atoms with E-state index in [-0.39, 0.29) is 11.7 Å². The maximum absolute atomic E-state index is 13.4. The van der Waals surface area contributed by atoms with Gasteiger partial charge in [0.15, 0.2) is 11.5 Å². The van der Waals surface area contributed by atoms with Crippen LogP contribution in [0.15, 0.2) is 53.6 Å². The normalized spacial score (nSPS) is 16.4. The highest BCUT2D eigenvalue weighted by molar-refractivity contribution is 7.90. The summed E-state index contributed by atoms with van der Waals surface area (Å²) in [6.07, 6.45) is 4.63. The summed E-state index contributed by atoms with van der Waals surface area (Å²) >= 11 is 0. The Morgan fingerprint density at radius 2 is 1.82 bits per heavy atom. The van der Waals surface area contributed by atoms with Gasteiger partial charge in [-0.2, -0.15) is 0 Å². The Morgan fingerprint density at radius 1 is 1.07 bits per heavy atom. The molecule has 0 atom stereocenters. The first-order valence-corrected chi connectivity index (χ1v) is 10.4. The SMILES string of the molecule is Nc1ccc(S(=O)(=O)n2cc(C3=CCNCC3)c3cc4c(cc32)OCO4)cc1. The molecule has 3 aromatic rings. The Labute approximate surface area is 162 Å². The predicted octanol–water partition coefficient (Wildman–Crippen LogP) is 2.57. The lowest BCUT2D eigenvalue weighted by atomic mass is 9.99. The van der Waals surface area contributed by atoms with Crippen molar-refractivity contribution < 1.29 is 17.9 Å². The van der Waals surface area contributed by atoms with Crippen LogP contribution < -0.4 is 20.5 Å². The largest absolute Gasteiger partial charge is 0.454 e. The van der Waals surface area contributed by atoms with Gasteiger partial charge in [-0.1, -0.05) is 6.08 Å². The number of rotatable bonds is 3. The van der Waals surface area contributed by atoms with Crippen LogP contribution in [0.25, 0.3) is 16.5 Å². The van der Waals surface area contributed by atoms with Crippen LogP contribution in [0.5, 0.6) is 11.5 Å². The van der Waals surface area contributed by atoms with Crippen LogP contribution in [0.2, 0.25) is 0 Å². The lowest BCUT2D eigenvalue weighted by molar-refractivity contribution is 0.174. The number of hydrogen-bond donors (Lipinski definition) is 2. The zero-order chi connectivity index (χ0) is 19.3. The third-order valence-corrected chi connectivity index (χ3v) is 6.80. The molecule has 7 nitrogen and oxygen atoms in total. The molecule has 0 spiro atoms. The lowest BCUT2D eigenvalue weighted by Crippen LogP contribution is -2.20. The number of anilines is 1. The summed E-state index contributed by atoms with van der Waals surface area (Å²) in [6.45, 7) is 1.75. The molecule has 0 saturated heterocycles. The number of nitrogens with one attached hydrogen (secondary N) is 1. The summed E-state index contributed by atoms with van der Waals surface area (Å²) < 4.78 is 39.1. The predicted molar refractivity (Wildman–Crippen MR) is 107 cm³/mol. The minimum atomic E-state index is -3.80. The fourth-order valence-corrected chi connectivity index (χ4v) is 5.02. The van der Waals surface area contributed by atoms with Crippen molar-refractivity contribution in [2.24, 2.45) is 0 Å². The first-order chi connectivity index (χ1) is 13.5. The van der Waals surface area contributed by atoms with Crippen LogP contribution in [0.3, 0.4) is 0 Å². The van der Waals surface area contributed by atoms with Gasteiger partial charge in [-0.05, 0) is 48.9 Å². The second-order valence-corrected chi connectivity index (χ2v) is 8.63. The number of nitrogens with zero attached hydrogens (tertiary/aromatic N) is 1. The van der Waals surface area contributed by atoms with Gasteiger partial charge in [-0.25, -0.2) is 12.4 Å². The molecule has 0 radical (unpaired) electrons. The average Bonchev–Trinajstić information content (AvgIpc) is 3.31. The monoisotopic (exact) mass is 397 g/mol. The fraction of sp³-hybridized carbons (Fsp3) is 0.200. The lowest BCUT2D eigenvalue weighted by Gasteiger charge is -2.13. The Kier molecular flexibility index (Phi) is 3.85. The number of fused-ring (bicyclic) bond motifs is 2. The molecular weight excluding hydrogens is 378 g/mol. The van der Waals surface area contributed by atoms with Crippen molar-refractivity contribution in [2.75, 3.05) is 25.6 Å². The van der Waals surface area contributed by atoms with Crippen molar-refractivity contribution in [3.63, 3.8) is 0 Å². The molecule has 2 aliphatic rings. The number of aromatic nitrogens is 1. The fourth-order valence-electron chi connectivity index (χ4n) is 3.66. The Hall–Kier alpha value is -2.97. The molecule has 0 unspecified atom stereocenters. The van der Waals surface area contributed by atoms with E-state index < -0.39 is 10.0 Å². The molecule has 1 aromatic heterocycles. The zero-order valence-corrected chi connectivity index (χ0v) is 15.8. The first-order valence-electron chi connectivity index (χ1n) is 9.00. The van der Waals surface area contributed by atoms with Crippen LogP contribution in [0, 0.1) is 0 Å². The number of nitrogen functional groups attached to an aromatic ring is 1. The van der Waals surface area contributed by atoms with Crippen LogP contribution >= 0.6 is 0 Å². The zero-order valence-electron chi connectivity index (χ0n) is 15.0. The van der Waals surface area contributed by atoms with Gasteiger partial charge >= 0.3 is 0 Å². The average molecular weight is 397 g/mol. The molecular formula is C20H19N3O4S. The summed E-state index contributed by atoms with van der Waals surface area (Å²) in [4.78, 5) is 0.183. The summed E-state index contributed by atoms with van der Waals surface area (Å²) in [7, 11) is -3.80. The summed E-state index contributed by atoms with van der Waals surface area (Å²) in [5.41, 5.74) is 8.81. The molecule has 28 heavy (non-hydrogen) atoms. The smallest absolute Gasteiger partial charge is 0.268 e. The van der Waals surface area contributed by atoms with Crippen LogP contribution in [0.1, 0.15) is 12.0 Å². The second-order valence-electron chi connectivity index (χ2n) is 6.82. The van der Waals surface area contributed by atoms with E-state index >= 15 is 0 Å². The molecule has 2 aromatic carbocycles. The molecule has 0 bridgehead atoms. The summed E-state index contributed by atoms with van der Waals surface area (Å²) in [5, 5.41) is 4.11. The van der Waals surface area contributed by atoms with Crippen molar-refractivity contribution in [2.45, 2.75) is 11.3 Å². The van der Waals surface area contributed by atoms with Gasteiger partial charge in [0.05, 0.1) is 10.4 Å². The first kappa shape index (κ1) is 17.2. The number of benzene rings is 2. The van der Waals surface area contributed by atoms with Gasteiger partial charge in [0.2, 0.25) is 6.79 Å². The van der Waals surface area contributed by atoms with Crippen molar-refractivity contribution in [3.05, 3.63) is 54.2 Å². The summed E-state index contributed by atoms with van der Waals surface area (Å²) in [5.74, 6) is 1.18. The molecule has 8 heteroatoms. The van der Waals surface area contributed by atoms with E-state index in [9.17, 15) is 8.42 Å². The van der Waals surface area contributed by atoms with Gasteiger partial charge in [0.1, 0.15) is 0 Å². The highest BCUT2D eigenvalue weighted by atomic mass is 32.2. The van der Waals surface area contributed by atoms with Gasteiger partial charge in [0.25, 0.3) is 10.0 Å². The number of ether oxygens (including phenoxy) is 2. The highest BCUT2D eigenvalue weighted by Crippen LogP contribution is 2.41. The number of hydrogen-bond acceptors (Lipinski definition) is 6. The minimum Gasteiger partial charge on any atom is -0.454 e. The van der Waals surface area contributed by atoms with Gasteiger partial charge in [-0.15, -0.1) is 0 Å². The van der Waals surface area contributed by atoms with Crippen LogP contribution in [-0.4, -0.2) is 32.3 Å². The molecule has 2 aliphatic heterocycles. The molecule has 5 rings (SSSR count). The highest BCUT2D eigenvalue weighted by Gasteiger charge is 2.26. The molecule has 0 fully saturated rings. The van der Waals surface area contributed by atoms with E-state index in [0.717, 1.165) is 36.0 Å². The molecule has 144 valence electrons. The summed E-state index contributed by atoms with van der Waals surface area (Å²) in [6, 6.07) is 9.81. The van der Waals surface area contributed by atoms with Gasteiger partial charge in [-0.3, -0.25) is 0 Å². The molecule has 3 heterocycles. The molecule has 0 saturated carbocycles. The molecule has 0 amide bonds. The Bertz CT molecular complexity index is 1210. The van der Waals surface area contributed by atoms with E-state index in [2.05, 4.69) is 11.4 Å². The maximum Gasteiger partial charge on any atom is 0.268 e. The van der Waals surface area contributed by atoms with Gasteiger partial charge < -0.3 is 20.5 Å². The van der Waals surface area contributed by atoms with Crippen molar-refractivity contribution in [1.82, 2.24) is 9.29 Å². The van der Waals surface area contributed by atoms with Crippen LogP contribution in [-0.2, 0) is 10.0 Å². The molecule has 3 N–H and O–H groups in total. The Morgan fingerprint density at radius 3 is 2.54 bits per heavy atom. The second kappa shape index (κ2) is 6.29. The van der Waals surface area contributed by atoms with Crippen molar-refractivity contribution in [3.8, 4) is 11.5 Å². The van der Waals surface area contributed by atoms with Crippen molar-refractivity contribution in [1.29, 1.82) is 0 Å². The van der Waals surface area contributed by atoms with Crippen molar-refractivity contribution >= 4 is 32.2 Å². The van der Waals surface area contributed by atoms with Gasteiger partial charge in [0, 0.05) is 35.4 Å². The topological polar surface area (TPSA) is 95.6 Å². The Balaban J connectivity index is 1.76. The standard InChI is InChI=1S/C20H19N3O4S/c21-14-1-3-15(4-2-14)28(24,25)23-11-17(13-5-7-22-8-6-13)16-9-19-20(10-18(16)23)27-12-26-19/h1-5,9-11,22H,6-8,12,21H2. The third-order valence-electron chi connectivity index (χ3n) is 5.11. The van der Waals surface area contributed by atoms with E-state index in [1.165, 1.54) is 16.1 Å². The number of nitrogens with two attached hydrogens (primary N) is 1. The minimum absolute atomic E-state index is 0.134. The maximum atomic E-state index is 13.4.